The number of nitrogens with zero attached hydrogens (tertiary/aromatic N) is 2. The summed E-state index contributed by atoms with van der Waals surface area (Å²) in [6, 6.07) is 7.07. The van der Waals surface area contributed by atoms with Crippen LogP contribution in [0.25, 0.3) is 0 Å². The van der Waals surface area contributed by atoms with Crippen molar-refractivity contribution in [3.8, 4) is 5.75 Å². The third-order valence-corrected chi connectivity index (χ3v) is 2.74. The largest absolute Gasteiger partial charge is 0.497 e. The number of hydrogen-bond donors (Lipinski definition) is 0. The zero-order chi connectivity index (χ0) is 13.0. The number of imidazole rings is 1. The smallest absolute Gasteiger partial charge is 0.228 e. The van der Waals surface area contributed by atoms with Gasteiger partial charge in [-0.3, -0.25) is 4.79 Å². The Morgan fingerprint density at radius 3 is 2.67 bits per heavy atom. The average Bonchev–Trinajstić information content (AvgIpc) is 2.87. The van der Waals surface area contributed by atoms with Crippen molar-refractivity contribution in [3.63, 3.8) is 0 Å². The number of ketones is 1. The second-order valence-corrected chi connectivity index (χ2v) is 4.00. The van der Waals surface area contributed by atoms with Crippen LogP contribution in [0.3, 0.4) is 0 Å². The molecule has 0 aliphatic heterocycles. The lowest BCUT2D eigenvalue weighted by atomic mass is 10.1. The van der Waals surface area contributed by atoms with E-state index < -0.39 is 0 Å². The molecule has 1 heterocycles. The topological polar surface area (TPSA) is 44.1 Å². The molecule has 4 heteroatoms. The molecule has 18 heavy (non-hydrogen) atoms. The number of carbonyl (C=O) groups excluding carboxylic acids is 1. The van der Waals surface area contributed by atoms with Crippen molar-refractivity contribution in [2.45, 2.75) is 19.9 Å². The predicted octanol–water partition coefficient (Wildman–Crippen LogP) is 2.53. The first-order valence-electron chi connectivity index (χ1n) is 5.96. The number of ether oxygens (including phenoxy) is 1. The van der Waals surface area contributed by atoms with E-state index in [4.69, 9.17) is 4.74 Å². The van der Waals surface area contributed by atoms with E-state index in [1.165, 1.54) is 0 Å². The highest BCUT2D eigenvalue weighted by atomic mass is 16.5. The van der Waals surface area contributed by atoms with E-state index >= 15 is 0 Å². The van der Waals surface area contributed by atoms with E-state index in [-0.39, 0.29) is 5.78 Å². The zero-order valence-electron chi connectivity index (χ0n) is 10.6. The molecule has 0 amide bonds. The van der Waals surface area contributed by atoms with Gasteiger partial charge in [0.2, 0.25) is 5.78 Å². The van der Waals surface area contributed by atoms with Crippen LogP contribution in [0.2, 0.25) is 0 Å². The molecular weight excluding hydrogens is 228 g/mol. The van der Waals surface area contributed by atoms with Crippen LogP contribution in [0, 0.1) is 0 Å². The summed E-state index contributed by atoms with van der Waals surface area (Å²) in [4.78, 5) is 16.4. The van der Waals surface area contributed by atoms with Gasteiger partial charge in [-0.1, -0.05) is 6.92 Å². The van der Waals surface area contributed by atoms with Crippen molar-refractivity contribution < 1.29 is 9.53 Å². The molecule has 0 spiro atoms. The monoisotopic (exact) mass is 244 g/mol. The van der Waals surface area contributed by atoms with E-state index in [0.29, 0.717) is 11.4 Å². The highest BCUT2D eigenvalue weighted by Gasteiger charge is 2.14. The predicted molar refractivity (Wildman–Crippen MR) is 68.9 cm³/mol. The number of rotatable bonds is 5. The lowest BCUT2D eigenvalue weighted by Crippen LogP contribution is -2.11. The van der Waals surface area contributed by atoms with Crippen LogP contribution in [0.15, 0.2) is 36.7 Å². The fourth-order valence-electron chi connectivity index (χ4n) is 1.81. The summed E-state index contributed by atoms with van der Waals surface area (Å²) >= 11 is 0. The maximum Gasteiger partial charge on any atom is 0.228 e. The van der Waals surface area contributed by atoms with Crippen molar-refractivity contribution in [1.29, 1.82) is 0 Å². The molecule has 0 N–H and O–H groups in total. The minimum atomic E-state index is -0.0592. The molecule has 0 fully saturated rings. The summed E-state index contributed by atoms with van der Waals surface area (Å²) in [6.07, 6.45) is 4.46. The third kappa shape index (κ3) is 2.42. The fraction of sp³-hybridized carbons (Fsp3) is 0.286. The molecule has 0 bridgehead atoms. The van der Waals surface area contributed by atoms with Crippen molar-refractivity contribution in [1.82, 2.24) is 9.55 Å². The minimum absolute atomic E-state index is 0.0592. The summed E-state index contributed by atoms with van der Waals surface area (Å²) < 4.78 is 6.95. The number of hydrogen-bond acceptors (Lipinski definition) is 3. The first-order chi connectivity index (χ1) is 8.76. The first kappa shape index (κ1) is 12.4. The molecule has 0 aliphatic carbocycles. The van der Waals surface area contributed by atoms with Crippen LogP contribution in [-0.4, -0.2) is 22.4 Å². The van der Waals surface area contributed by atoms with Gasteiger partial charge in [0.05, 0.1) is 7.11 Å². The van der Waals surface area contributed by atoms with Gasteiger partial charge in [0.25, 0.3) is 0 Å². The van der Waals surface area contributed by atoms with Crippen LogP contribution >= 0.6 is 0 Å². The number of carbonyl (C=O) groups is 1. The Hall–Kier alpha value is -2.10. The second-order valence-electron chi connectivity index (χ2n) is 4.00. The summed E-state index contributed by atoms with van der Waals surface area (Å²) in [6.45, 7) is 2.87. The SMILES string of the molecule is CCCn1ccnc1C(=O)c1ccc(OC)cc1. The average molecular weight is 244 g/mol. The van der Waals surface area contributed by atoms with Crippen LogP contribution in [0.5, 0.6) is 5.75 Å². The van der Waals surface area contributed by atoms with E-state index in [0.717, 1.165) is 18.7 Å². The number of aromatic nitrogens is 2. The third-order valence-electron chi connectivity index (χ3n) is 2.74. The molecule has 0 saturated heterocycles. The summed E-state index contributed by atoms with van der Waals surface area (Å²) in [5.74, 6) is 1.17. The van der Waals surface area contributed by atoms with Crippen LogP contribution in [0.4, 0.5) is 0 Å². The molecule has 0 radical (unpaired) electrons. The maximum absolute atomic E-state index is 12.3. The molecule has 0 saturated carbocycles. The Morgan fingerprint density at radius 1 is 1.33 bits per heavy atom. The molecule has 2 aromatic rings. The van der Waals surface area contributed by atoms with E-state index in [1.54, 1.807) is 37.6 Å². The summed E-state index contributed by atoms with van der Waals surface area (Å²) in [5.41, 5.74) is 0.624. The van der Waals surface area contributed by atoms with Gasteiger partial charge >= 0.3 is 0 Å². The molecule has 94 valence electrons. The van der Waals surface area contributed by atoms with E-state index in [9.17, 15) is 4.79 Å². The number of benzene rings is 1. The fourth-order valence-corrected chi connectivity index (χ4v) is 1.81. The first-order valence-corrected chi connectivity index (χ1v) is 5.96. The highest BCUT2D eigenvalue weighted by Crippen LogP contribution is 2.14. The number of aryl methyl sites for hydroxylation is 1. The van der Waals surface area contributed by atoms with Gasteiger partial charge in [0.1, 0.15) is 5.75 Å². The van der Waals surface area contributed by atoms with Crippen molar-refractivity contribution >= 4 is 5.78 Å². The maximum atomic E-state index is 12.3. The normalized spacial score (nSPS) is 10.3. The standard InChI is InChI=1S/C14H16N2O2/c1-3-9-16-10-8-15-14(16)13(17)11-4-6-12(18-2)7-5-11/h4-8,10H,3,9H2,1-2H3. The van der Waals surface area contributed by atoms with Crippen molar-refractivity contribution in [3.05, 3.63) is 48.0 Å². The van der Waals surface area contributed by atoms with Gasteiger partial charge in [0.15, 0.2) is 5.82 Å². The Balaban J connectivity index is 2.26. The highest BCUT2D eigenvalue weighted by molar-refractivity contribution is 6.06. The Bertz CT molecular complexity index is 529. The lowest BCUT2D eigenvalue weighted by molar-refractivity contribution is 0.102. The van der Waals surface area contributed by atoms with Crippen LogP contribution < -0.4 is 4.74 Å². The Morgan fingerprint density at radius 2 is 2.06 bits per heavy atom. The van der Waals surface area contributed by atoms with Gasteiger partial charge in [-0.05, 0) is 30.7 Å². The minimum Gasteiger partial charge on any atom is -0.497 e. The van der Waals surface area contributed by atoms with Gasteiger partial charge in [0, 0.05) is 24.5 Å². The lowest BCUT2D eigenvalue weighted by Gasteiger charge is -2.06. The van der Waals surface area contributed by atoms with Crippen molar-refractivity contribution in [2.75, 3.05) is 7.11 Å². The molecule has 1 aromatic carbocycles. The van der Waals surface area contributed by atoms with Gasteiger partial charge < -0.3 is 9.30 Å². The Labute approximate surface area is 106 Å². The van der Waals surface area contributed by atoms with Crippen LogP contribution in [0.1, 0.15) is 29.5 Å². The van der Waals surface area contributed by atoms with Gasteiger partial charge in [-0.15, -0.1) is 0 Å². The Kier molecular flexibility index (Phi) is 3.77. The molecule has 0 aliphatic rings. The van der Waals surface area contributed by atoms with E-state index in [2.05, 4.69) is 11.9 Å². The number of methoxy groups -OCH3 is 1. The van der Waals surface area contributed by atoms with Crippen LogP contribution in [-0.2, 0) is 6.54 Å². The zero-order valence-corrected chi connectivity index (χ0v) is 10.6. The van der Waals surface area contributed by atoms with E-state index in [1.807, 2.05) is 10.8 Å². The summed E-state index contributed by atoms with van der Waals surface area (Å²) in [7, 11) is 1.60. The molecule has 0 atom stereocenters. The quantitative estimate of drug-likeness (QED) is 0.759. The molecule has 2 rings (SSSR count). The second kappa shape index (κ2) is 5.49. The van der Waals surface area contributed by atoms with Gasteiger partial charge in [-0.25, -0.2) is 4.98 Å². The molecule has 0 unspecified atom stereocenters. The molecule has 1 aromatic heterocycles. The molecule has 4 nitrogen and oxygen atoms in total. The summed E-state index contributed by atoms with van der Waals surface area (Å²) in [5, 5.41) is 0. The molecular formula is C14H16N2O2. The van der Waals surface area contributed by atoms with Gasteiger partial charge in [-0.2, -0.15) is 0 Å². The van der Waals surface area contributed by atoms with Crippen molar-refractivity contribution in [2.24, 2.45) is 0 Å².